The number of pyridine rings is 1. The van der Waals surface area contributed by atoms with Gasteiger partial charge in [-0.05, 0) is 74.4 Å². The Morgan fingerprint density at radius 1 is 1.05 bits per heavy atom. The fourth-order valence-corrected chi connectivity index (χ4v) is 7.17. The van der Waals surface area contributed by atoms with Crippen molar-refractivity contribution in [1.82, 2.24) is 19.6 Å². The van der Waals surface area contributed by atoms with Crippen LogP contribution in [0.15, 0.2) is 77.7 Å². The molecule has 2 aromatic heterocycles. The number of aromatic nitrogens is 4. The van der Waals surface area contributed by atoms with Crippen molar-refractivity contribution in [2.45, 2.75) is 39.6 Å². The van der Waals surface area contributed by atoms with Crippen molar-refractivity contribution in [2.75, 3.05) is 18.5 Å². The van der Waals surface area contributed by atoms with Gasteiger partial charge in [0.25, 0.3) is 5.56 Å². The van der Waals surface area contributed by atoms with Gasteiger partial charge in [-0.1, -0.05) is 35.0 Å². The summed E-state index contributed by atoms with van der Waals surface area (Å²) in [5, 5.41) is 23.6. The van der Waals surface area contributed by atoms with Gasteiger partial charge >= 0.3 is 7.60 Å². The molecule has 0 bridgehead atoms. The SMILES string of the molecule is CCOP(=O)(OCC)C(Nc1ccccc1Cl)c1cc(Cn2cc(Cn3c(=O)cc(C)c4cc(F)ccc43)nn2)ccc1O. The molecule has 10 nitrogen and oxygen atoms in total. The van der Waals surface area contributed by atoms with Gasteiger partial charge in [0.05, 0.1) is 48.7 Å². The number of aryl methyl sites for hydroxylation is 1. The van der Waals surface area contributed by atoms with Gasteiger partial charge in [-0.15, -0.1) is 5.10 Å². The molecule has 0 radical (unpaired) electrons. The highest BCUT2D eigenvalue weighted by molar-refractivity contribution is 7.54. The van der Waals surface area contributed by atoms with Crippen molar-refractivity contribution < 1.29 is 23.1 Å². The number of para-hydroxylation sites is 1. The molecule has 0 aliphatic heterocycles. The molecule has 13 heteroatoms. The van der Waals surface area contributed by atoms with Crippen molar-refractivity contribution in [3.05, 3.63) is 117 Å². The second kappa shape index (κ2) is 13.3. The third-order valence-electron chi connectivity index (χ3n) is 7.02. The summed E-state index contributed by atoms with van der Waals surface area (Å²) in [6.45, 7) is 5.82. The Labute approximate surface area is 258 Å². The van der Waals surface area contributed by atoms with Crippen molar-refractivity contribution in [3.8, 4) is 5.75 Å². The van der Waals surface area contributed by atoms with Crippen LogP contribution in [-0.4, -0.2) is 37.9 Å². The summed E-state index contributed by atoms with van der Waals surface area (Å²) in [5.74, 6) is -1.58. The number of phenols is 1. The molecule has 44 heavy (non-hydrogen) atoms. The Morgan fingerprint density at radius 2 is 1.80 bits per heavy atom. The zero-order chi connectivity index (χ0) is 31.4. The van der Waals surface area contributed by atoms with Gasteiger partial charge in [-0.2, -0.15) is 0 Å². The highest BCUT2D eigenvalue weighted by Crippen LogP contribution is 2.62. The normalized spacial score (nSPS) is 12.5. The van der Waals surface area contributed by atoms with Gasteiger partial charge in [0, 0.05) is 17.0 Å². The molecule has 0 saturated heterocycles. The topological polar surface area (TPSA) is 121 Å². The molecular weight excluding hydrogens is 608 g/mol. The first-order valence-electron chi connectivity index (χ1n) is 14.0. The lowest BCUT2D eigenvalue weighted by Crippen LogP contribution is -2.21. The number of anilines is 1. The number of phenolic OH excluding ortho intramolecular Hbond substituents is 1. The maximum atomic E-state index is 14.1. The summed E-state index contributed by atoms with van der Waals surface area (Å²) >= 11 is 6.40. The van der Waals surface area contributed by atoms with Crippen LogP contribution in [0.25, 0.3) is 10.9 Å². The van der Waals surface area contributed by atoms with E-state index in [1.54, 1.807) is 74.1 Å². The average molecular weight is 640 g/mol. The number of hydrogen-bond donors (Lipinski definition) is 2. The zero-order valence-electron chi connectivity index (χ0n) is 24.4. The summed E-state index contributed by atoms with van der Waals surface area (Å²) < 4.78 is 42.4. The first kappa shape index (κ1) is 31.4. The first-order valence-corrected chi connectivity index (χ1v) is 16.0. The molecule has 3 aromatic carbocycles. The van der Waals surface area contributed by atoms with Crippen molar-refractivity contribution >= 4 is 35.8 Å². The largest absolute Gasteiger partial charge is 0.508 e. The number of benzene rings is 3. The lowest BCUT2D eigenvalue weighted by atomic mass is 10.1. The van der Waals surface area contributed by atoms with E-state index in [4.69, 9.17) is 20.6 Å². The van der Waals surface area contributed by atoms with Gasteiger partial charge in [-0.25, -0.2) is 9.07 Å². The lowest BCUT2D eigenvalue weighted by Gasteiger charge is -2.29. The third kappa shape index (κ3) is 6.71. The van der Waals surface area contributed by atoms with Crippen LogP contribution in [0.5, 0.6) is 5.75 Å². The molecule has 0 amide bonds. The van der Waals surface area contributed by atoms with E-state index in [9.17, 15) is 18.9 Å². The maximum Gasteiger partial charge on any atom is 0.357 e. The molecular formula is C31H32ClFN5O5P. The molecule has 0 saturated carbocycles. The Bertz CT molecular complexity index is 1900. The van der Waals surface area contributed by atoms with Gasteiger partial charge in [0.2, 0.25) is 0 Å². The summed E-state index contributed by atoms with van der Waals surface area (Å²) in [5.41, 5.74) is 3.07. The molecule has 2 N–H and O–H groups in total. The second-order valence-corrected chi connectivity index (χ2v) is 12.6. The van der Waals surface area contributed by atoms with Crippen LogP contribution in [0, 0.1) is 12.7 Å². The molecule has 0 spiro atoms. The van der Waals surface area contributed by atoms with E-state index in [1.807, 2.05) is 0 Å². The molecule has 1 unspecified atom stereocenters. The predicted molar refractivity (Wildman–Crippen MR) is 168 cm³/mol. The van der Waals surface area contributed by atoms with Crippen LogP contribution >= 0.6 is 19.2 Å². The van der Waals surface area contributed by atoms with E-state index in [2.05, 4.69) is 15.6 Å². The summed E-state index contributed by atoms with van der Waals surface area (Å²) in [4.78, 5) is 12.8. The van der Waals surface area contributed by atoms with Crippen LogP contribution < -0.4 is 10.9 Å². The minimum absolute atomic E-state index is 0.112. The number of nitrogens with one attached hydrogen (secondary N) is 1. The molecule has 2 heterocycles. The Balaban J connectivity index is 1.45. The second-order valence-electron chi connectivity index (χ2n) is 10.1. The number of halogens is 2. The van der Waals surface area contributed by atoms with Crippen LogP contribution in [0.1, 0.15) is 42.0 Å². The number of hydrogen-bond acceptors (Lipinski definition) is 8. The highest BCUT2D eigenvalue weighted by Gasteiger charge is 2.39. The van der Waals surface area contributed by atoms with Gasteiger partial charge in [0.15, 0.2) is 5.78 Å². The van der Waals surface area contributed by atoms with E-state index in [0.29, 0.717) is 38.4 Å². The van der Waals surface area contributed by atoms with E-state index in [1.165, 1.54) is 28.8 Å². The molecule has 5 aromatic rings. The predicted octanol–water partition coefficient (Wildman–Crippen LogP) is 6.87. The molecule has 0 fully saturated rings. The zero-order valence-corrected chi connectivity index (χ0v) is 26.1. The van der Waals surface area contributed by atoms with Crippen LogP contribution in [0.3, 0.4) is 0 Å². The van der Waals surface area contributed by atoms with E-state index < -0.39 is 13.4 Å². The first-order chi connectivity index (χ1) is 21.1. The number of fused-ring (bicyclic) bond motifs is 1. The summed E-state index contributed by atoms with van der Waals surface area (Å²) in [6, 6.07) is 17.7. The summed E-state index contributed by atoms with van der Waals surface area (Å²) in [6.07, 6.45) is 1.71. The molecule has 230 valence electrons. The fourth-order valence-electron chi connectivity index (χ4n) is 5.04. The smallest absolute Gasteiger partial charge is 0.357 e. The monoisotopic (exact) mass is 639 g/mol. The van der Waals surface area contributed by atoms with Crippen LogP contribution in [0.2, 0.25) is 5.02 Å². The molecule has 0 aliphatic rings. The summed E-state index contributed by atoms with van der Waals surface area (Å²) in [7, 11) is -3.85. The average Bonchev–Trinajstić information content (AvgIpc) is 3.43. The van der Waals surface area contributed by atoms with Gasteiger partial charge < -0.3 is 24.0 Å². The Morgan fingerprint density at radius 3 is 2.52 bits per heavy atom. The van der Waals surface area contributed by atoms with E-state index in [-0.39, 0.29) is 49.0 Å². The molecule has 5 rings (SSSR count). The minimum atomic E-state index is -3.85. The Kier molecular flexibility index (Phi) is 9.51. The van der Waals surface area contributed by atoms with Crippen molar-refractivity contribution in [1.29, 1.82) is 0 Å². The van der Waals surface area contributed by atoms with Crippen LogP contribution in [0.4, 0.5) is 10.1 Å². The van der Waals surface area contributed by atoms with Crippen molar-refractivity contribution in [2.24, 2.45) is 0 Å². The van der Waals surface area contributed by atoms with Gasteiger partial charge in [-0.3, -0.25) is 9.36 Å². The Hall–Kier alpha value is -4.02. The van der Waals surface area contributed by atoms with Gasteiger partial charge in [0.1, 0.15) is 17.3 Å². The molecule has 0 aliphatic carbocycles. The highest BCUT2D eigenvalue weighted by atomic mass is 35.5. The lowest BCUT2D eigenvalue weighted by molar-refractivity contribution is 0.213. The minimum Gasteiger partial charge on any atom is -0.508 e. The number of rotatable bonds is 12. The van der Waals surface area contributed by atoms with E-state index >= 15 is 0 Å². The third-order valence-corrected chi connectivity index (χ3v) is 9.62. The van der Waals surface area contributed by atoms with E-state index in [0.717, 1.165) is 0 Å². The maximum absolute atomic E-state index is 14.1. The molecule has 1 atom stereocenters. The number of nitrogens with zero attached hydrogens (tertiary/aromatic N) is 4. The van der Waals surface area contributed by atoms with Crippen molar-refractivity contribution in [3.63, 3.8) is 0 Å². The standard InChI is InChI=1S/C31H32ClFN5O5P/c1-4-42-44(41,43-5-2)31(34-27-9-7-6-8-26(27)32)25-15-21(10-13-29(25)39)17-37-18-23(35-36-37)19-38-28-12-11-22(33)16-24(28)20(3)14-30(38)40/h6-16,18,31,34,39H,4-5,17,19H2,1-3H3. The number of aromatic hydroxyl groups is 1. The van der Waals surface area contributed by atoms with Crippen LogP contribution in [-0.2, 0) is 26.7 Å². The quantitative estimate of drug-likeness (QED) is 0.142. The fraction of sp³-hybridized carbons (Fsp3) is 0.258.